The van der Waals surface area contributed by atoms with E-state index in [-0.39, 0.29) is 12.8 Å². The van der Waals surface area contributed by atoms with E-state index in [4.69, 9.17) is 15.7 Å². The lowest BCUT2D eigenvalue weighted by Crippen LogP contribution is -1.93. The third-order valence-corrected chi connectivity index (χ3v) is 2.66. The highest BCUT2D eigenvalue weighted by atomic mass is 16.4. The van der Waals surface area contributed by atoms with Crippen LogP contribution in [0.4, 0.5) is 0 Å². The Bertz CT molecular complexity index is 325. The molecule has 0 aliphatic rings. The summed E-state index contributed by atoms with van der Waals surface area (Å²) in [5, 5.41) is 17.2. The first-order chi connectivity index (χ1) is 10.1. The van der Waals surface area contributed by atoms with Crippen LogP contribution < -0.4 is 0 Å². The number of rotatable bonds is 13. The predicted octanol–water partition coefficient (Wildman–Crippen LogP) is 3.84. The van der Waals surface area contributed by atoms with Gasteiger partial charge in [0.25, 0.3) is 0 Å². The summed E-state index contributed by atoms with van der Waals surface area (Å²) in [5.41, 5.74) is 0. The zero-order valence-electron chi connectivity index (χ0n) is 14.8. The first-order valence-corrected chi connectivity index (χ1v) is 6.56. The van der Waals surface area contributed by atoms with E-state index in [1.807, 2.05) is 0 Å². The zero-order chi connectivity index (χ0) is 17.2. The lowest BCUT2D eigenvalue weighted by molar-refractivity contribution is -0.138. The third-order valence-electron chi connectivity index (χ3n) is 2.66. The van der Waals surface area contributed by atoms with Crippen molar-refractivity contribution >= 4 is 11.9 Å². The van der Waals surface area contributed by atoms with E-state index < -0.39 is 24.7 Å². The number of unbranched alkanes of at least 4 members (excludes halogenated alkanes) is 7. The van der Waals surface area contributed by atoms with Crippen LogP contribution in [0.25, 0.3) is 0 Å². The minimum absolute atomic E-state index is 0.0343. The van der Waals surface area contributed by atoms with Gasteiger partial charge in [-0.2, -0.15) is 0 Å². The molecule has 0 heterocycles. The minimum Gasteiger partial charge on any atom is -0.481 e. The molecular formula is C14H26O4. The van der Waals surface area contributed by atoms with E-state index in [2.05, 4.69) is 0 Å². The lowest BCUT2D eigenvalue weighted by atomic mass is 10.1. The van der Waals surface area contributed by atoms with Crippen LogP contribution in [0.5, 0.6) is 0 Å². The van der Waals surface area contributed by atoms with Crippen LogP contribution in [0, 0.1) is 0 Å². The molecule has 2 N–H and O–H groups in total. The summed E-state index contributed by atoms with van der Waals surface area (Å²) in [4.78, 5) is 21.1. The van der Waals surface area contributed by atoms with Crippen LogP contribution in [0.1, 0.15) is 82.4 Å². The molecule has 0 unspecified atom stereocenters. The predicted molar refractivity (Wildman–Crippen MR) is 70.7 cm³/mol. The first-order valence-electron chi connectivity index (χ1n) is 8.56. The summed E-state index contributed by atoms with van der Waals surface area (Å²) in [7, 11) is 0. The Hall–Kier alpha value is -1.06. The van der Waals surface area contributed by atoms with Crippen LogP contribution in [-0.4, -0.2) is 22.2 Å². The van der Waals surface area contributed by atoms with Gasteiger partial charge in [-0.1, -0.05) is 51.4 Å². The average Bonchev–Trinajstić information content (AvgIpc) is 2.40. The number of carboxylic acids is 2. The fourth-order valence-corrected chi connectivity index (χ4v) is 1.70. The number of carbonyl (C=O) groups is 2. The molecule has 0 spiro atoms. The normalized spacial score (nSPS) is 15.3. The fourth-order valence-electron chi connectivity index (χ4n) is 1.70. The number of hydrogen-bond acceptors (Lipinski definition) is 2. The SMILES string of the molecule is [2H]C([2H])(CCCCCCCCCCC([2H])([2H])C(=O)O)C(=O)O. The molecule has 106 valence electrons. The molecular weight excluding hydrogens is 232 g/mol. The molecule has 0 fully saturated rings. The largest absolute Gasteiger partial charge is 0.481 e. The first kappa shape index (κ1) is 10.8. The van der Waals surface area contributed by atoms with Crippen molar-refractivity contribution in [3.8, 4) is 0 Å². The van der Waals surface area contributed by atoms with Crippen molar-refractivity contribution in [2.75, 3.05) is 0 Å². The summed E-state index contributed by atoms with van der Waals surface area (Å²) in [5.74, 6) is -2.82. The molecule has 4 nitrogen and oxygen atoms in total. The van der Waals surface area contributed by atoms with Gasteiger partial charge in [0.1, 0.15) is 0 Å². The maximum Gasteiger partial charge on any atom is 0.303 e. The fraction of sp³-hybridized carbons (Fsp3) is 0.857. The van der Waals surface area contributed by atoms with Crippen molar-refractivity contribution in [2.45, 2.75) is 77.0 Å². The van der Waals surface area contributed by atoms with Crippen molar-refractivity contribution in [1.82, 2.24) is 0 Å². The van der Waals surface area contributed by atoms with Gasteiger partial charge in [-0.25, -0.2) is 0 Å². The molecule has 0 saturated carbocycles. The van der Waals surface area contributed by atoms with E-state index in [1.54, 1.807) is 0 Å². The van der Waals surface area contributed by atoms with Crippen molar-refractivity contribution < 1.29 is 25.3 Å². The van der Waals surface area contributed by atoms with E-state index in [0.29, 0.717) is 12.8 Å². The number of aliphatic carboxylic acids is 2. The van der Waals surface area contributed by atoms with E-state index in [9.17, 15) is 9.59 Å². The molecule has 0 atom stereocenters. The van der Waals surface area contributed by atoms with Gasteiger partial charge in [0.2, 0.25) is 0 Å². The summed E-state index contributed by atoms with van der Waals surface area (Å²) in [6, 6.07) is 0. The van der Waals surface area contributed by atoms with Crippen molar-refractivity contribution in [3.63, 3.8) is 0 Å². The second-order valence-electron chi connectivity index (χ2n) is 4.29. The third kappa shape index (κ3) is 14.9. The summed E-state index contributed by atoms with van der Waals surface area (Å²) in [6.45, 7) is 0. The van der Waals surface area contributed by atoms with Gasteiger partial charge < -0.3 is 10.2 Å². The average molecular weight is 262 g/mol. The highest BCUT2D eigenvalue weighted by molar-refractivity contribution is 5.66. The van der Waals surface area contributed by atoms with E-state index in [1.165, 1.54) is 0 Å². The standard InChI is InChI=1S/C14H26O4/c15-13(16)11-9-7-5-3-1-2-4-6-8-10-12-14(17)18/h1-12H2,(H,15,16)(H,17,18)/i11D2,12D2. The van der Waals surface area contributed by atoms with Crippen molar-refractivity contribution in [3.05, 3.63) is 0 Å². The van der Waals surface area contributed by atoms with Gasteiger partial charge in [-0.3, -0.25) is 9.59 Å². The molecule has 0 amide bonds. The van der Waals surface area contributed by atoms with Crippen LogP contribution >= 0.6 is 0 Å². The summed E-state index contributed by atoms with van der Waals surface area (Å²) >= 11 is 0. The molecule has 0 saturated heterocycles. The Labute approximate surface area is 115 Å². The van der Waals surface area contributed by atoms with Gasteiger partial charge in [-0.15, -0.1) is 0 Å². The van der Waals surface area contributed by atoms with E-state index >= 15 is 0 Å². The quantitative estimate of drug-likeness (QED) is 0.494. The van der Waals surface area contributed by atoms with Crippen molar-refractivity contribution in [2.24, 2.45) is 0 Å². The van der Waals surface area contributed by atoms with Crippen LogP contribution in [0.15, 0.2) is 0 Å². The Morgan fingerprint density at radius 3 is 1.06 bits per heavy atom. The maximum absolute atomic E-state index is 10.6. The van der Waals surface area contributed by atoms with Crippen LogP contribution in [0.2, 0.25) is 0 Å². The van der Waals surface area contributed by atoms with Gasteiger partial charge in [0.15, 0.2) is 0 Å². The van der Waals surface area contributed by atoms with Gasteiger partial charge >= 0.3 is 11.9 Å². The van der Waals surface area contributed by atoms with Crippen molar-refractivity contribution in [1.29, 1.82) is 0 Å². The Morgan fingerprint density at radius 2 is 0.833 bits per heavy atom. The highest BCUT2D eigenvalue weighted by Gasteiger charge is 1.98. The molecule has 0 bridgehead atoms. The second-order valence-corrected chi connectivity index (χ2v) is 4.29. The number of hydrogen-bond donors (Lipinski definition) is 2. The molecule has 0 aliphatic heterocycles. The molecule has 4 heteroatoms. The molecule has 0 radical (unpaired) electrons. The second kappa shape index (κ2) is 12.4. The molecule has 18 heavy (non-hydrogen) atoms. The minimum atomic E-state index is -2.14. The zero-order valence-corrected chi connectivity index (χ0v) is 10.8. The Balaban J connectivity index is 3.45. The van der Waals surface area contributed by atoms with Crippen LogP contribution in [0.3, 0.4) is 0 Å². The van der Waals surface area contributed by atoms with Gasteiger partial charge in [-0.05, 0) is 12.8 Å². The summed E-state index contributed by atoms with van der Waals surface area (Å²) < 4.78 is 29.0. The molecule has 0 aliphatic carbocycles. The topological polar surface area (TPSA) is 74.6 Å². The van der Waals surface area contributed by atoms with Gasteiger partial charge in [0, 0.05) is 18.2 Å². The summed E-state index contributed by atoms with van der Waals surface area (Å²) in [6.07, 6.45) is 2.30. The molecule has 0 aromatic heterocycles. The number of carboxylic acid groups (broad SMARTS) is 2. The maximum atomic E-state index is 10.6. The van der Waals surface area contributed by atoms with Gasteiger partial charge in [0.05, 0.1) is 0 Å². The Morgan fingerprint density at radius 1 is 0.611 bits per heavy atom. The Kier molecular flexibility index (Phi) is 7.46. The van der Waals surface area contributed by atoms with Crippen LogP contribution in [-0.2, 0) is 9.59 Å². The molecule has 0 rings (SSSR count). The van der Waals surface area contributed by atoms with E-state index in [0.717, 1.165) is 38.5 Å². The lowest BCUT2D eigenvalue weighted by Gasteiger charge is -2.01. The monoisotopic (exact) mass is 262 g/mol. The smallest absolute Gasteiger partial charge is 0.303 e. The molecule has 0 aromatic rings. The highest BCUT2D eigenvalue weighted by Crippen LogP contribution is 2.11. The molecule has 0 aromatic carbocycles.